The van der Waals surface area contributed by atoms with Crippen LogP contribution in [0.2, 0.25) is 0 Å². The number of hydrogen-bond donors (Lipinski definition) is 2. The molecule has 0 radical (unpaired) electrons. The second-order valence-electron chi connectivity index (χ2n) is 5.83. The Hall–Kier alpha value is -1.10. The zero-order valence-corrected chi connectivity index (χ0v) is 12.5. The number of nitrogens with one attached hydrogen (secondary N) is 1. The molecule has 0 saturated heterocycles. The van der Waals surface area contributed by atoms with Crippen molar-refractivity contribution in [3.8, 4) is 0 Å². The first-order chi connectivity index (χ1) is 8.88. The molecule has 3 N–H and O–H groups in total. The van der Waals surface area contributed by atoms with Gasteiger partial charge in [-0.15, -0.1) is 0 Å². The van der Waals surface area contributed by atoms with Crippen molar-refractivity contribution in [2.75, 3.05) is 20.6 Å². The number of hydrogen-bond acceptors (Lipinski definition) is 3. The van der Waals surface area contributed by atoms with Gasteiger partial charge in [-0.1, -0.05) is 20.3 Å². The maximum Gasteiger partial charge on any atom is 0.227 e. The summed E-state index contributed by atoms with van der Waals surface area (Å²) in [6.45, 7) is 4.36. The van der Waals surface area contributed by atoms with Crippen molar-refractivity contribution >= 4 is 11.8 Å². The molecule has 110 valence electrons. The van der Waals surface area contributed by atoms with Crippen LogP contribution in [-0.4, -0.2) is 43.4 Å². The fraction of sp³-hybridized carbons (Fsp3) is 0.857. The minimum absolute atomic E-state index is 0.0411. The van der Waals surface area contributed by atoms with Crippen LogP contribution in [0.15, 0.2) is 0 Å². The first-order valence-corrected chi connectivity index (χ1v) is 7.10. The maximum absolute atomic E-state index is 12.5. The van der Waals surface area contributed by atoms with Crippen molar-refractivity contribution < 1.29 is 9.59 Å². The zero-order chi connectivity index (χ0) is 14.6. The largest absolute Gasteiger partial charge is 0.359 e. The summed E-state index contributed by atoms with van der Waals surface area (Å²) >= 11 is 0. The molecule has 5 nitrogen and oxygen atoms in total. The predicted octanol–water partition coefficient (Wildman–Crippen LogP) is 0.590. The Morgan fingerprint density at radius 2 is 2.05 bits per heavy atom. The summed E-state index contributed by atoms with van der Waals surface area (Å²) in [7, 11) is 3.37. The number of rotatable bonds is 4. The summed E-state index contributed by atoms with van der Waals surface area (Å²) in [6, 6.07) is -0.0472. The first-order valence-electron chi connectivity index (χ1n) is 7.10. The molecule has 1 aliphatic carbocycles. The van der Waals surface area contributed by atoms with Crippen molar-refractivity contribution in [1.29, 1.82) is 0 Å². The molecule has 2 amide bonds. The Morgan fingerprint density at radius 1 is 1.42 bits per heavy atom. The normalized spacial score (nSPS) is 28.6. The molecule has 19 heavy (non-hydrogen) atoms. The average Bonchev–Trinajstić information content (AvgIpc) is 2.37. The number of nitrogens with two attached hydrogens (primary N) is 1. The molecule has 1 aliphatic rings. The van der Waals surface area contributed by atoms with Gasteiger partial charge >= 0.3 is 0 Å². The number of carbonyl (C=O) groups excluding carboxylic acids is 2. The summed E-state index contributed by atoms with van der Waals surface area (Å²) in [4.78, 5) is 25.6. The Labute approximate surface area is 115 Å². The van der Waals surface area contributed by atoms with E-state index < -0.39 is 0 Å². The summed E-state index contributed by atoms with van der Waals surface area (Å²) in [6.07, 6.45) is 3.08. The molecule has 1 rings (SSSR count). The van der Waals surface area contributed by atoms with Crippen LogP contribution in [0, 0.1) is 17.8 Å². The third kappa shape index (κ3) is 3.93. The highest BCUT2D eigenvalue weighted by Crippen LogP contribution is 2.30. The molecule has 5 heteroatoms. The highest BCUT2D eigenvalue weighted by atomic mass is 16.2. The molecular weight excluding hydrogens is 242 g/mol. The Kier molecular flexibility index (Phi) is 5.79. The van der Waals surface area contributed by atoms with Gasteiger partial charge in [0.15, 0.2) is 0 Å². The van der Waals surface area contributed by atoms with Gasteiger partial charge < -0.3 is 16.0 Å². The summed E-state index contributed by atoms with van der Waals surface area (Å²) in [5.41, 5.74) is 6.10. The van der Waals surface area contributed by atoms with Gasteiger partial charge in [0.1, 0.15) is 0 Å². The van der Waals surface area contributed by atoms with Crippen molar-refractivity contribution in [2.45, 2.75) is 39.2 Å². The van der Waals surface area contributed by atoms with Gasteiger partial charge in [-0.2, -0.15) is 0 Å². The predicted molar refractivity (Wildman–Crippen MR) is 75.3 cm³/mol. The van der Waals surface area contributed by atoms with E-state index in [9.17, 15) is 9.59 Å². The molecule has 0 aliphatic heterocycles. The lowest BCUT2D eigenvalue weighted by Crippen LogP contribution is -2.49. The van der Waals surface area contributed by atoms with Gasteiger partial charge in [0.2, 0.25) is 11.8 Å². The van der Waals surface area contributed by atoms with Crippen molar-refractivity contribution in [1.82, 2.24) is 10.2 Å². The molecule has 4 atom stereocenters. The molecule has 0 aromatic rings. The zero-order valence-electron chi connectivity index (χ0n) is 12.5. The smallest absolute Gasteiger partial charge is 0.227 e. The fourth-order valence-corrected chi connectivity index (χ4v) is 2.97. The fourth-order valence-electron chi connectivity index (χ4n) is 2.97. The van der Waals surface area contributed by atoms with Crippen LogP contribution >= 0.6 is 0 Å². The Balaban J connectivity index is 2.62. The van der Waals surface area contributed by atoms with Crippen LogP contribution in [0.3, 0.4) is 0 Å². The van der Waals surface area contributed by atoms with Crippen LogP contribution in [-0.2, 0) is 9.59 Å². The molecule has 0 bridgehead atoms. The average molecular weight is 269 g/mol. The van der Waals surface area contributed by atoms with E-state index >= 15 is 0 Å². The van der Waals surface area contributed by atoms with E-state index in [4.69, 9.17) is 5.73 Å². The molecule has 0 spiro atoms. The second-order valence-corrected chi connectivity index (χ2v) is 5.83. The van der Waals surface area contributed by atoms with Gasteiger partial charge in [0.25, 0.3) is 0 Å². The molecule has 0 aromatic carbocycles. The van der Waals surface area contributed by atoms with Crippen LogP contribution < -0.4 is 11.1 Å². The van der Waals surface area contributed by atoms with Crippen LogP contribution in [0.5, 0.6) is 0 Å². The van der Waals surface area contributed by atoms with E-state index in [0.29, 0.717) is 12.5 Å². The number of carbonyl (C=O) groups is 2. The van der Waals surface area contributed by atoms with E-state index in [1.54, 1.807) is 19.0 Å². The van der Waals surface area contributed by atoms with Crippen molar-refractivity contribution in [2.24, 2.45) is 23.5 Å². The molecule has 0 aromatic heterocycles. The highest BCUT2D eigenvalue weighted by molar-refractivity contribution is 5.82. The monoisotopic (exact) mass is 269 g/mol. The van der Waals surface area contributed by atoms with Gasteiger partial charge in [0.05, 0.1) is 11.8 Å². The molecule has 1 fully saturated rings. The standard InChI is InChI=1S/C14H27N3O2/c1-9-6-5-7-11(15)12(9)14(19)17(4)8-10(2)13(18)16-3/h9-12H,5-8,15H2,1-4H3,(H,16,18). The SMILES string of the molecule is CNC(=O)C(C)CN(C)C(=O)C1C(C)CCCC1N. The first kappa shape index (κ1) is 16.0. The minimum atomic E-state index is -0.200. The summed E-state index contributed by atoms with van der Waals surface area (Å²) in [5.74, 6) is 0.0646. The van der Waals surface area contributed by atoms with E-state index in [2.05, 4.69) is 12.2 Å². The van der Waals surface area contributed by atoms with E-state index in [-0.39, 0.29) is 29.7 Å². The maximum atomic E-state index is 12.5. The van der Waals surface area contributed by atoms with Crippen molar-refractivity contribution in [3.63, 3.8) is 0 Å². The van der Waals surface area contributed by atoms with E-state index in [1.165, 1.54) is 0 Å². The number of nitrogens with zero attached hydrogens (tertiary/aromatic N) is 1. The summed E-state index contributed by atoms with van der Waals surface area (Å²) < 4.78 is 0. The van der Waals surface area contributed by atoms with Crippen LogP contribution in [0.25, 0.3) is 0 Å². The molecule has 1 saturated carbocycles. The van der Waals surface area contributed by atoms with Gasteiger partial charge in [-0.25, -0.2) is 0 Å². The minimum Gasteiger partial charge on any atom is -0.359 e. The lowest BCUT2D eigenvalue weighted by Gasteiger charge is -2.36. The van der Waals surface area contributed by atoms with Crippen LogP contribution in [0.1, 0.15) is 33.1 Å². The van der Waals surface area contributed by atoms with Gasteiger partial charge in [-0.05, 0) is 18.8 Å². The van der Waals surface area contributed by atoms with Gasteiger partial charge in [-0.3, -0.25) is 9.59 Å². The third-order valence-electron chi connectivity index (χ3n) is 4.17. The van der Waals surface area contributed by atoms with Crippen LogP contribution in [0.4, 0.5) is 0 Å². The molecular formula is C14H27N3O2. The highest BCUT2D eigenvalue weighted by Gasteiger charge is 2.36. The Bertz CT molecular complexity index is 323. The Morgan fingerprint density at radius 3 is 2.58 bits per heavy atom. The quantitative estimate of drug-likeness (QED) is 0.784. The summed E-state index contributed by atoms with van der Waals surface area (Å²) in [5, 5.41) is 2.60. The third-order valence-corrected chi connectivity index (χ3v) is 4.17. The number of amides is 2. The lowest BCUT2D eigenvalue weighted by atomic mass is 9.76. The lowest BCUT2D eigenvalue weighted by molar-refractivity contribution is -0.138. The molecule has 0 heterocycles. The van der Waals surface area contributed by atoms with Crippen molar-refractivity contribution in [3.05, 3.63) is 0 Å². The second kappa shape index (κ2) is 6.89. The van der Waals surface area contributed by atoms with E-state index in [1.807, 2.05) is 6.92 Å². The van der Waals surface area contributed by atoms with E-state index in [0.717, 1.165) is 19.3 Å². The van der Waals surface area contributed by atoms with Gasteiger partial charge in [0, 0.05) is 26.7 Å². The topological polar surface area (TPSA) is 75.4 Å². The molecule has 4 unspecified atom stereocenters.